The summed E-state index contributed by atoms with van der Waals surface area (Å²) in [6.07, 6.45) is 71.9. The van der Waals surface area contributed by atoms with E-state index in [1.165, 1.54) is 186 Å². The SMILES string of the molecule is CCCCC/C=C\C/C=C\C/C=C\CCCCCCCCC(=O)OC(/C=C/CCCCCCCCCCC)C(COP(=O)([O-])OCC[N+](C)(C)C)NC(=O)CCCCCCCCCCCCC/C=C/CCCCCCCC. The van der Waals surface area contributed by atoms with Gasteiger partial charge in [0.2, 0.25) is 5.91 Å². The number of likely N-dealkylation sites (N-methyl/N-ethyl adjacent to an activating group) is 1. The van der Waals surface area contributed by atoms with Crippen molar-refractivity contribution in [2.75, 3.05) is 40.9 Å². The lowest BCUT2D eigenvalue weighted by Crippen LogP contribution is -2.47. The molecule has 0 aliphatic carbocycles. The van der Waals surface area contributed by atoms with Gasteiger partial charge in [0.05, 0.1) is 33.8 Å². The maximum Gasteiger partial charge on any atom is 0.306 e. The molecule has 0 spiro atoms. The Kier molecular flexibility index (Phi) is 55.3. The Morgan fingerprint density at radius 3 is 1.22 bits per heavy atom. The first-order valence-corrected chi connectivity index (χ1v) is 34.1. The topological polar surface area (TPSA) is 114 Å². The summed E-state index contributed by atoms with van der Waals surface area (Å²) < 4.78 is 30.3. The normalized spacial score (nSPS) is 14.0. The number of hydrogen-bond donors (Lipinski definition) is 1. The van der Waals surface area contributed by atoms with Crippen molar-refractivity contribution < 1.29 is 37.3 Å². The first-order valence-electron chi connectivity index (χ1n) is 32.6. The van der Waals surface area contributed by atoms with Crippen LogP contribution in [0.2, 0.25) is 0 Å². The Labute approximate surface area is 477 Å². The van der Waals surface area contributed by atoms with Crippen molar-refractivity contribution in [3.8, 4) is 0 Å². The predicted octanol–water partition coefficient (Wildman–Crippen LogP) is 19.6. The molecule has 1 N–H and O–H groups in total. The van der Waals surface area contributed by atoms with E-state index in [9.17, 15) is 19.0 Å². The Hall–Kier alpha value is -2.29. The van der Waals surface area contributed by atoms with E-state index in [4.69, 9.17) is 13.8 Å². The zero-order chi connectivity index (χ0) is 56.4. The third-order valence-corrected chi connectivity index (χ3v) is 15.4. The lowest BCUT2D eigenvalue weighted by atomic mass is 10.0. The summed E-state index contributed by atoms with van der Waals surface area (Å²) in [5.41, 5.74) is 0. The number of ether oxygens (including phenoxy) is 1. The van der Waals surface area contributed by atoms with E-state index in [-0.39, 0.29) is 24.9 Å². The Bertz CT molecular complexity index is 1500. The number of nitrogens with one attached hydrogen (secondary N) is 1. The van der Waals surface area contributed by atoms with Gasteiger partial charge in [0.1, 0.15) is 19.3 Å². The molecule has 0 aromatic heterocycles. The average molecular weight is 1100 g/mol. The summed E-state index contributed by atoms with van der Waals surface area (Å²) in [4.78, 5) is 40.0. The molecule has 0 aromatic rings. The number of phosphoric ester groups is 1. The standard InChI is InChI=1S/C67H125N2O7P/c1-7-10-13-16-19-22-25-27-29-31-33-34-36-37-39-41-44-47-50-53-56-59-66(70)68-64(63-75-77(72,73)74-62-61-69(4,5)6)65(58-55-52-49-46-43-24-21-18-15-12-9-3)76-67(71)60-57-54-51-48-45-42-40-38-35-32-30-28-26-23-20-17-14-11-8-2/h20,23,27-30,35,38,55,58,64-65H,7-19,21-22,24-26,31-34,36-37,39-54,56-57,59-63H2,1-6H3,(H-,68,70,72,73)/b23-20-,29-27+,30-28-,38-35-,58-55+. The van der Waals surface area contributed by atoms with Crippen molar-refractivity contribution in [2.45, 2.75) is 315 Å². The van der Waals surface area contributed by atoms with E-state index in [0.29, 0.717) is 17.4 Å². The molecule has 77 heavy (non-hydrogen) atoms. The van der Waals surface area contributed by atoms with Crippen LogP contribution >= 0.6 is 7.82 Å². The number of quaternary nitrogens is 1. The predicted molar refractivity (Wildman–Crippen MR) is 330 cm³/mol. The van der Waals surface area contributed by atoms with Crippen molar-refractivity contribution in [1.29, 1.82) is 0 Å². The van der Waals surface area contributed by atoms with E-state index in [1.54, 1.807) is 0 Å². The van der Waals surface area contributed by atoms with Crippen LogP contribution in [0.4, 0.5) is 0 Å². The van der Waals surface area contributed by atoms with Gasteiger partial charge < -0.3 is 28.5 Å². The molecule has 0 fully saturated rings. The summed E-state index contributed by atoms with van der Waals surface area (Å²) in [5.74, 6) is -0.550. The molecule has 0 rings (SSSR count). The second-order valence-electron chi connectivity index (χ2n) is 23.3. The molecule has 0 heterocycles. The largest absolute Gasteiger partial charge is 0.756 e. The van der Waals surface area contributed by atoms with Crippen LogP contribution in [0, 0.1) is 0 Å². The third kappa shape index (κ3) is 58.2. The zero-order valence-electron chi connectivity index (χ0n) is 51.4. The van der Waals surface area contributed by atoms with Crippen molar-refractivity contribution >= 4 is 19.7 Å². The Morgan fingerprint density at radius 2 is 0.792 bits per heavy atom. The van der Waals surface area contributed by atoms with E-state index in [1.807, 2.05) is 33.3 Å². The molecule has 0 aliphatic rings. The molecule has 1 amide bonds. The van der Waals surface area contributed by atoms with Gasteiger partial charge in [-0.1, -0.05) is 255 Å². The number of rotatable bonds is 59. The third-order valence-electron chi connectivity index (χ3n) is 14.4. The second kappa shape index (κ2) is 57.0. The summed E-state index contributed by atoms with van der Waals surface area (Å²) in [5, 5.41) is 3.03. The molecule has 10 heteroatoms. The van der Waals surface area contributed by atoms with Crippen molar-refractivity contribution in [3.05, 3.63) is 60.8 Å². The van der Waals surface area contributed by atoms with Crippen molar-refractivity contribution in [2.24, 2.45) is 0 Å². The van der Waals surface area contributed by atoms with Crippen molar-refractivity contribution in [1.82, 2.24) is 5.32 Å². The van der Waals surface area contributed by atoms with Crippen LogP contribution in [0.5, 0.6) is 0 Å². The van der Waals surface area contributed by atoms with E-state index in [0.717, 1.165) is 83.5 Å². The number of hydrogen-bond acceptors (Lipinski definition) is 7. The molecule has 0 saturated heterocycles. The van der Waals surface area contributed by atoms with Crippen LogP contribution in [-0.4, -0.2) is 69.4 Å². The lowest BCUT2D eigenvalue weighted by molar-refractivity contribution is -0.870. The van der Waals surface area contributed by atoms with Gasteiger partial charge in [-0.3, -0.25) is 14.2 Å². The molecule has 0 aliphatic heterocycles. The fourth-order valence-corrected chi connectivity index (χ4v) is 10.1. The lowest BCUT2D eigenvalue weighted by Gasteiger charge is -2.30. The number of carbonyl (C=O) groups excluding carboxylic acids is 2. The molecular formula is C67H125N2O7P. The molecule has 0 bridgehead atoms. The minimum atomic E-state index is -4.70. The molecule has 9 nitrogen and oxygen atoms in total. The van der Waals surface area contributed by atoms with Crippen LogP contribution in [0.25, 0.3) is 0 Å². The molecule has 3 unspecified atom stereocenters. The van der Waals surface area contributed by atoms with Gasteiger partial charge in [-0.25, -0.2) is 0 Å². The molecule has 0 radical (unpaired) electrons. The van der Waals surface area contributed by atoms with Gasteiger partial charge in [-0.2, -0.15) is 0 Å². The quantitative estimate of drug-likeness (QED) is 0.0212. The zero-order valence-corrected chi connectivity index (χ0v) is 52.3. The molecule has 0 aromatic carbocycles. The highest BCUT2D eigenvalue weighted by Gasteiger charge is 2.27. The van der Waals surface area contributed by atoms with Gasteiger partial charge in [0, 0.05) is 12.8 Å². The van der Waals surface area contributed by atoms with Gasteiger partial charge >= 0.3 is 5.97 Å². The number of nitrogens with zero attached hydrogens (tertiary/aromatic N) is 1. The monoisotopic (exact) mass is 1100 g/mol. The van der Waals surface area contributed by atoms with Gasteiger partial charge in [0.15, 0.2) is 0 Å². The second-order valence-corrected chi connectivity index (χ2v) is 24.7. The van der Waals surface area contributed by atoms with E-state index in [2.05, 4.69) is 74.7 Å². The van der Waals surface area contributed by atoms with E-state index < -0.39 is 26.6 Å². The molecule has 0 saturated carbocycles. The highest BCUT2D eigenvalue weighted by Crippen LogP contribution is 2.38. The first kappa shape index (κ1) is 74.7. The van der Waals surface area contributed by atoms with Crippen LogP contribution in [0.1, 0.15) is 303 Å². The highest BCUT2D eigenvalue weighted by atomic mass is 31.2. The number of unbranched alkanes of at least 4 members (excludes halogenated alkanes) is 35. The van der Waals surface area contributed by atoms with Crippen LogP contribution in [0.15, 0.2) is 60.8 Å². The summed E-state index contributed by atoms with van der Waals surface area (Å²) in [6.45, 7) is 6.82. The van der Waals surface area contributed by atoms with Gasteiger partial charge in [-0.05, 0) is 96.0 Å². The fourth-order valence-electron chi connectivity index (χ4n) is 9.35. The number of allylic oxidation sites excluding steroid dienone is 9. The van der Waals surface area contributed by atoms with Gasteiger partial charge in [0.25, 0.3) is 7.82 Å². The molecule has 3 atom stereocenters. The van der Waals surface area contributed by atoms with Gasteiger partial charge in [-0.15, -0.1) is 0 Å². The fraction of sp³-hybridized carbons (Fsp3) is 0.821. The van der Waals surface area contributed by atoms with Crippen LogP contribution in [-0.2, 0) is 27.9 Å². The number of carbonyl (C=O) groups is 2. The summed E-state index contributed by atoms with van der Waals surface area (Å²) in [7, 11) is 1.18. The number of amides is 1. The highest BCUT2D eigenvalue weighted by molar-refractivity contribution is 7.45. The minimum Gasteiger partial charge on any atom is -0.756 e. The molecular weight excluding hydrogens is 976 g/mol. The first-order chi connectivity index (χ1) is 37.4. The average Bonchev–Trinajstić information content (AvgIpc) is 3.39. The maximum atomic E-state index is 13.5. The Balaban J connectivity index is 5.17. The summed E-state index contributed by atoms with van der Waals surface area (Å²) in [6, 6.07) is -0.895. The molecule has 450 valence electrons. The van der Waals surface area contributed by atoms with Crippen molar-refractivity contribution in [3.63, 3.8) is 0 Å². The summed E-state index contributed by atoms with van der Waals surface area (Å²) >= 11 is 0. The van der Waals surface area contributed by atoms with E-state index >= 15 is 0 Å². The smallest absolute Gasteiger partial charge is 0.306 e. The van der Waals surface area contributed by atoms with Crippen LogP contribution < -0.4 is 10.2 Å². The maximum absolute atomic E-state index is 13.5. The minimum absolute atomic E-state index is 0.0253. The number of esters is 1. The number of phosphoric acid groups is 1. The Morgan fingerprint density at radius 1 is 0.455 bits per heavy atom. The van der Waals surface area contributed by atoms with Crippen LogP contribution in [0.3, 0.4) is 0 Å².